The fourth-order valence-electron chi connectivity index (χ4n) is 1.40. The highest BCUT2D eigenvalue weighted by atomic mass is 19.1. The van der Waals surface area contributed by atoms with E-state index < -0.39 is 11.6 Å². The van der Waals surface area contributed by atoms with Gasteiger partial charge in [-0.1, -0.05) is 18.2 Å². The smallest absolute Gasteiger partial charge is 0.134 e. The third kappa shape index (κ3) is 2.66. The van der Waals surface area contributed by atoms with E-state index in [1.54, 1.807) is 24.3 Å². The quantitative estimate of drug-likeness (QED) is 0.627. The number of aliphatic imine (C=N–C) groups is 1. The van der Waals surface area contributed by atoms with E-state index >= 15 is 0 Å². The van der Waals surface area contributed by atoms with Crippen LogP contribution in [0.15, 0.2) is 53.5 Å². The maximum absolute atomic E-state index is 13.4. The average molecular weight is 232 g/mol. The number of benzene rings is 2. The third-order valence-electron chi connectivity index (χ3n) is 2.21. The molecule has 2 aromatic carbocycles. The van der Waals surface area contributed by atoms with Gasteiger partial charge in [0.15, 0.2) is 0 Å². The van der Waals surface area contributed by atoms with E-state index in [4.69, 9.17) is 5.73 Å². The first-order valence-corrected chi connectivity index (χ1v) is 5.01. The van der Waals surface area contributed by atoms with Crippen LogP contribution in [0.2, 0.25) is 0 Å². The first-order valence-electron chi connectivity index (χ1n) is 5.01. The molecule has 17 heavy (non-hydrogen) atoms. The van der Waals surface area contributed by atoms with E-state index in [0.29, 0.717) is 5.69 Å². The molecule has 0 aliphatic heterocycles. The molecular formula is C13H10F2N2. The second kappa shape index (κ2) is 4.74. The van der Waals surface area contributed by atoms with E-state index in [2.05, 4.69) is 4.99 Å². The summed E-state index contributed by atoms with van der Waals surface area (Å²) in [6, 6.07) is 11.9. The summed E-state index contributed by atoms with van der Waals surface area (Å²) >= 11 is 0. The first kappa shape index (κ1) is 11.3. The van der Waals surface area contributed by atoms with Crippen molar-refractivity contribution in [3.05, 3.63) is 65.7 Å². The zero-order valence-corrected chi connectivity index (χ0v) is 8.90. The monoisotopic (exact) mass is 232 g/mol. The fourth-order valence-corrected chi connectivity index (χ4v) is 1.40. The van der Waals surface area contributed by atoms with Crippen LogP contribution >= 0.6 is 0 Å². The normalized spacial score (nSPS) is 11.5. The number of amidine groups is 1. The molecule has 0 unspecified atom stereocenters. The molecule has 2 N–H and O–H groups in total. The Morgan fingerprint density at radius 2 is 1.71 bits per heavy atom. The molecule has 2 rings (SSSR count). The second-order valence-electron chi connectivity index (χ2n) is 3.46. The Kier molecular flexibility index (Phi) is 3.14. The lowest BCUT2D eigenvalue weighted by atomic mass is 10.2. The highest BCUT2D eigenvalue weighted by molar-refractivity contribution is 5.99. The molecule has 0 aliphatic carbocycles. The second-order valence-corrected chi connectivity index (χ2v) is 3.46. The minimum Gasteiger partial charge on any atom is -0.383 e. The molecule has 0 saturated heterocycles. The summed E-state index contributed by atoms with van der Waals surface area (Å²) < 4.78 is 26.4. The highest BCUT2D eigenvalue weighted by Crippen LogP contribution is 2.14. The molecule has 0 fully saturated rings. The van der Waals surface area contributed by atoms with Crippen molar-refractivity contribution in [3.63, 3.8) is 0 Å². The summed E-state index contributed by atoms with van der Waals surface area (Å²) in [5.41, 5.74) is 6.20. The number of hydrogen-bond acceptors (Lipinski definition) is 1. The molecule has 0 radical (unpaired) electrons. The number of para-hydroxylation sites is 1. The molecule has 0 aromatic heterocycles. The van der Waals surface area contributed by atoms with Gasteiger partial charge in [0.1, 0.15) is 17.5 Å². The zero-order valence-electron chi connectivity index (χ0n) is 8.90. The Morgan fingerprint density at radius 3 is 2.41 bits per heavy atom. The molecule has 2 nitrogen and oxygen atoms in total. The van der Waals surface area contributed by atoms with Gasteiger partial charge in [-0.15, -0.1) is 0 Å². The molecule has 0 amide bonds. The Bertz CT molecular complexity index is 551. The maximum Gasteiger partial charge on any atom is 0.134 e. The molecule has 2 aromatic rings. The molecule has 0 bridgehead atoms. The van der Waals surface area contributed by atoms with Gasteiger partial charge < -0.3 is 5.73 Å². The van der Waals surface area contributed by atoms with Crippen LogP contribution in [0.1, 0.15) is 5.56 Å². The lowest BCUT2D eigenvalue weighted by Gasteiger charge is -2.03. The van der Waals surface area contributed by atoms with Crippen molar-refractivity contribution in [2.24, 2.45) is 10.7 Å². The van der Waals surface area contributed by atoms with Gasteiger partial charge in [-0.05, 0) is 30.3 Å². The van der Waals surface area contributed by atoms with Crippen molar-refractivity contribution in [1.82, 2.24) is 0 Å². The van der Waals surface area contributed by atoms with Crippen LogP contribution < -0.4 is 5.73 Å². The number of hydrogen-bond donors (Lipinski definition) is 1. The minimum atomic E-state index is -0.594. The summed E-state index contributed by atoms with van der Waals surface area (Å²) in [6.07, 6.45) is 0. The van der Waals surface area contributed by atoms with Gasteiger partial charge in [-0.2, -0.15) is 0 Å². The van der Waals surface area contributed by atoms with Gasteiger partial charge in [0.2, 0.25) is 0 Å². The van der Waals surface area contributed by atoms with E-state index in [9.17, 15) is 8.78 Å². The fraction of sp³-hybridized carbons (Fsp3) is 0. The van der Waals surface area contributed by atoms with E-state index in [-0.39, 0.29) is 11.4 Å². The molecule has 0 atom stereocenters. The van der Waals surface area contributed by atoms with Gasteiger partial charge in [0, 0.05) is 0 Å². The zero-order chi connectivity index (χ0) is 12.3. The van der Waals surface area contributed by atoms with E-state index in [0.717, 1.165) is 18.2 Å². The number of nitrogens with two attached hydrogens (primary N) is 1. The van der Waals surface area contributed by atoms with Gasteiger partial charge in [-0.25, -0.2) is 13.8 Å². The number of halogens is 2. The van der Waals surface area contributed by atoms with Gasteiger partial charge in [0.25, 0.3) is 0 Å². The molecule has 0 heterocycles. The Morgan fingerprint density at radius 1 is 1.00 bits per heavy atom. The topological polar surface area (TPSA) is 38.4 Å². The maximum atomic E-state index is 13.4. The lowest BCUT2D eigenvalue weighted by Crippen LogP contribution is -2.15. The van der Waals surface area contributed by atoms with Gasteiger partial charge in [-0.3, -0.25) is 0 Å². The van der Waals surface area contributed by atoms with Crippen LogP contribution in [-0.2, 0) is 0 Å². The predicted octanol–water partition coefficient (Wildman–Crippen LogP) is 3.00. The summed E-state index contributed by atoms with van der Waals surface area (Å²) in [5, 5.41) is 0. The predicted molar refractivity (Wildman–Crippen MR) is 63.2 cm³/mol. The number of nitrogens with zero attached hydrogens (tertiary/aromatic N) is 1. The van der Waals surface area contributed by atoms with Crippen molar-refractivity contribution >= 4 is 11.5 Å². The van der Waals surface area contributed by atoms with Crippen LogP contribution in [0.3, 0.4) is 0 Å². The molecular weight excluding hydrogens is 222 g/mol. The van der Waals surface area contributed by atoms with Crippen LogP contribution in [0.4, 0.5) is 14.5 Å². The minimum absolute atomic E-state index is 0.0335. The summed E-state index contributed by atoms with van der Waals surface area (Å²) in [5.74, 6) is -1.19. The summed E-state index contributed by atoms with van der Waals surface area (Å²) in [4.78, 5) is 4.02. The standard InChI is InChI=1S/C13H10F2N2/c14-9-6-7-12(15)11(8-9)13(16)17-10-4-2-1-3-5-10/h1-8H,(H2,16,17). The Balaban J connectivity index is 2.40. The van der Waals surface area contributed by atoms with E-state index in [1.165, 1.54) is 0 Å². The Hall–Kier alpha value is -2.23. The van der Waals surface area contributed by atoms with Crippen molar-refractivity contribution in [2.75, 3.05) is 0 Å². The molecule has 0 saturated carbocycles. The van der Waals surface area contributed by atoms with Crippen molar-refractivity contribution in [2.45, 2.75) is 0 Å². The summed E-state index contributed by atoms with van der Waals surface area (Å²) in [7, 11) is 0. The third-order valence-corrected chi connectivity index (χ3v) is 2.21. The largest absolute Gasteiger partial charge is 0.383 e. The lowest BCUT2D eigenvalue weighted by molar-refractivity contribution is 0.598. The van der Waals surface area contributed by atoms with Gasteiger partial charge in [0.05, 0.1) is 11.3 Å². The van der Waals surface area contributed by atoms with Gasteiger partial charge >= 0.3 is 0 Å². The Labute approximate surface area is 97.4 Å². The van der Waals surface area contributed by atoms with Crippen LogP contribution in [0.5, 0.6) is 0 Å². The van der Waals surface area contributed by atoms with Crippen molar-refractivity contribution in [3.8, 4) is 0 Å². The van der Waals surface area contributed by atoms with Crippen molar-refractivity contribution < 1.29 is 8.78 Å². The molecule has 86 valence electrons. The first-order chi connectivity index (χ1) is 8.16. The number of rotatable bonds is 2. The van der Waals surface area contributed by atoms with Crippen LogP contribution in [0, 0.1) is 11.6 Å². The molecule has 4 heteroatoms. The highest BCUT2D eigenvalue weighted by Gasteiger charge is 2.07. The molecule has 0 aliphatic rings. The van der Waals surface area contributed by atoms with E-state index in [1.807, 2.05) is 6.07 Å². The SMILES string of the molecule is NC(=Nc1ccccc1)c1cc(F)ccc1F. The van der Waals surface area contributed by atoms with Crippen LogP contribution in [0.25, 0.3) is 0 Å². The van der Waals surface area contributed by atoms with Crippen molar-refractivity contribution in [1.29, 1.82) is 0 Å². The summed E-state index contributed by atoms with van der Waals surface area (Å²) in [6.45, 7) is 0. The van der Waals surface area contributed by atoms with Crippen LogP contribution in [-0.4, -0.2) is 5.84 Å². The molecule has 0 spiro atoms. The average Bonchev–Trinajstić information content (AvgIpc) is 2.33.